The van der Waals surface area contributed by atoms with Gasteiger partial charge in [0.1, 0.15) is 0 Å². The zero-order valence-corrected chi connectivity index (χ0v) is 10.1. The lowest BCUT2D eigenvalue weighted by Crippen LogP contribution is -2.29. The third-order valence-electron chi connectivity index (χ3n) is 1.64. The summed E-state index contributed by atoms with van der Waals surface area (Å²) in [7, 11) is -5.76. The molecule has 0 unspecified atom stereocenters. The smallest absolute Gasteiger partial charge is 0.281 e. The maximum atomic E-state index is 12.1. The fourth-order valence-corrected chi connectivity index (χ4v) is 1.09. The molecule has 0 amide bonds. The average molecular weight is 307 g/mol. The third kappa shape index (κ3) is 8.43. The van der Waals surface area contributed by atoms with Crippen LogP contribution < -0.4 is 0 Å². The molecule has 110 valence electrons. The lowest BCUT2D eigenvalue weighted by atomic mass is 10.3. The number of alkyl halides is 5. The Labute approximate surface area is 106 Å². The molecule has 0 aliphatic rings. The van der Waals surface area contributed by atoms with Crippen LogP contribution in [0.4, 0.5) is 22.0 Å². The van der Waals surface area contributed by atoms with E-state index in [9.17, 15) is 30.4 Å². The summed E-state index contributed by atoms with van der Waals surface area (Å²) >= 11 is 0. The van der Waals surface area contributed by atoms with Crippen molar-refractivity contribution in [2.75, 3.05) is 0 Å². The van der Waals surface area contributed by atoms with Gasteiger partial charge in [0.2, 0.25) is 0 Å². The van der Waals surface area contributed by atoms with Gasteiger partial charge in [0.15, 0.2) is 0 Å². The molecule has 0 bridgehead atoms. The van der Waals surface area contributed by atoms with Crippen LogP contribution in [0.5, 0.6) is 0 Å². The first-order chi connectivity index (χ1) is 8.46. The number of halogens is 5. The molecule has 0 spiro atoms. The molecule has 0 aliphatic carbocycles. The van der Waals surface area contributed by atoms with Gasteiger partial charge in [-0.3, -0.25) is 9.54 Å². The van der Waals surface area contributed by atoms with Crippen molar-refractivity contribution in [1.82, 2.24) is 4.98 Å². The monoisotopic (exact) mass is 307 g/mol. The van der Waals surface area contributed by atoms with Crippen molar-refractivity contribution in [3.63, 3.8) is 0 Å². The largest absolute Gasteiger partial charge is 0.389 e. The van der Waals surface area contributed by atoms with E-state index in [4.69, 9.17) is 4.55 Å². The number of nitrogens with zero attached hydrogens (tertiary/aromatic N) is 1. The van der Waals surface area contributed by atoms with Gasteiger partial charge >= 0.3 is 21.5 Å². The third-order valence-corrected chi connectivity index (χ3v) is 2.60. The van der Waals surface area contributed by atoms with Crippen LogP contribution in [0.1, 0.15) is 12.8 Å². The first-order valence-corrected chi connectivity index (χ1v) is 6.16. The van der Waals surface area contributed by atoms with E-state index < -0.39 is 34.4 Å². The highest BCUT2D eigenvalue weighted by Crippen LogP contribution is 2.32. The summed E-state index contributed by atoms with van der Waals surface area (Å²) in [4.78, 5) is 3.78. The maximum Gasteiger partial charge on any atom is 0.389 e. The van der Waals surface area contributed by atoms with E-state index in [0.717, 1.165) is 0 Å². The van der Waals surface area contributed by atoms with Gasteiger partial charge in [-0.1, -0.05) is 6.07 Å². The normalized spacial score (nSPS) is 12.5. The average Bonchev–Trinajstić information content (AvgIpc) is 2.27. The molecule has 1 N–H and O–H groups in total. The fraction of sp³-hybridized carbons (Fsp3) is 0.444. The second-order valence-electron chi connectivity index (χ2n) is 3.25. The van der Waals surface area contributed by atoms with E-state index in [1.165, 1.54) is 0 Å². The van der Waals surface area contributed by atoms with Gasteiger partial charge in [-0.25, -0.2) is 0 Å². The predicted octanol–water partition coefficient (Wildman–Crippen LogP) is 2.89. The summed E-state index contributed by atoms with van der Waals surface area (Å²) in [6.07, 6.45) is -5.33. The van der Waals surface area contributed by atoms with Crippen molar-refractivity contribution in [2.24, 2.45) is 0 Å². The van der Waals surface area contributed by atoms with Crippen molar-refractivity contribution in [3.05, 3.63) is 30.6 Å². The fourth-order valence-electron chi connectivity index (χ4n) is 0.729. The van der Waals surface area contributed by atoms with Crippen LogP contribution >= 0.6 is 0 Å². The number of hydrogen-bond acceptors (Lipinski definition) is 3. The Balaban J connectivity index is 0.000000443. The van der Waals surface area contributed by atoms with Crippen molar-refractivity contribution in [1.29, 1.82) is 0 Å². The van der Waals surface area contributed by atoms with E-state index in [0.29, 0.717) is 0 Å². The minimum Gasteiger partial charge on any atom is -0.281 e. The molecule has 19 heavy (non-hydrogen) atoms. The molecule has 0 aliphatic heterocycles. The van der Waals surface area contributed by atoms with Crippen LogP contribution in [0.25, 0.3) is 0 Å². The Kier molecular flexibility index (Phi) is 6.30. The minimum atomic E-state index is -5.76. The topological polar surface area (TPSA) is 67.3 Å². The van der Waals surface area contributed by atoms with E-state index in [-0.39, 0.29) is 0 Å². The molecule has 0 radical (unpaired) electrons. The first-order valence-electron chi connectivity index (χ1n) is 4.72. The summed E-state index contributed by atoms with van der Waals surface area (Å²) in [5.41, 5.74) is 0. The van der Waals surface area contributed by atoms with Gasteiger partial charge < -0.3 is 0 Å². The summed E-state index contributed by atoms with van der Waals surface area (Å²) in [5, 5.41) is -4.75. The molecule has 0 fully saturated rings. The van der Waals surface area contributed by atoms with Gasteiger partial charge in [0.25, 0.3) is 0 Å². The zero-order chi connectivity index (χ0) is 15.2. The summed E-state index contributed by atoms with van der Waals surface area (Å²) < 4.78 is 85.8. The highest BCUT2D eigenvalue weighted by molar-refractivity contribution is 7.86. The second kappa shape index (κ2) is 6.75. The van der Waals surface area contributed by atoms with Crippen molar-refractivity contribution < 1.29 is 34.9 Å². The van der Waals surface area contributed by atoms with Gasteiger partial charge in [-0.2, -0.15) is 30.4 Å². The van der Waals surface area contributed by atoms with Gasteiger partial charge in [-0.05, 0) is 12.1 Å². The molecular weight excluding hydrogens is 297 g/mol. The Morgan fingerprint density at radius 2 is 1.42 bits per heavy atom. The molecule has 0 aromatic carbocycles. The standard InChI is InChI=1S/C5H5N.C4H5F5O3S/c1-2-4-6-5-3-1;5-3(6,7)1-2-4(8,9)13(10,11)12/h1-5H;1-2H2,(H,10,11,12). The van der Waals surface area contributed by atoms with Crippen LogP contribution in [-0.4, -0.2) is 29.4 Å². The molecule has 1 rings (SSSR count). The highest BCUT2D eigenvalue weighted by atomic mass is 32.2. The number of pyridine rings is 1. The number of rotatable bonds is 3. The van der Waals surface area contributed by atoms with Crippen molar-refractivity contribution in [2.45, 2.75) is 24.3 Å². The van der Waals surface area contributed by atoms with Crippen LogP contribution in [-0.2, 0) is 10.1 Å². The Hall–Kier alpha value is -1.29. The van der Waals surface area contributed by atoms with Crippen LogP contribution in [0, 0.1) is 0 Å². The molecule has 0 saturated carbocycles. The predicted molar refractivity (Wildman–Crippen MR) is 56.0 cm³/mol. The van der Waals surface area contributed by atoms with Crippen LogP contribution in [0.2, 0.25) is 0 Å². The molecule has 10 heteroatoms. The Bertz CT molecular complexity index is 434. The lowest BCUT2D eigenvalue weighted by Gasteiger charge is -2.13. The SMILES string of the molecule is O=S(=O)(O)C(F)(F)CCC(F)(F)F.c1ccncc1. The maximum absolute atomic E-state index is 12.1. The van der Waals surface area contributed by atoms with E-state index in [2.05, 4.69) is 4.98 Å². The Morgan fingerprint density at radius 1 is 0.947 bits per heavy atom. The molecule has 1 heterocycles. The molecular formula is C9H10F5NO3S. The summed E-state index contributed by atoms with van der Waals surface area (Å²) in [6, 6.07) is 5.72. The first kappa shape index (κ1) is 17.7. The zero-order valence-electron chi connectivity index (χ0n) is 9.31. The molecule has 1 aromatic heterocycles. The van der Waals surface area contributed by atoms with Gasteiger partial charge in [0, 0.05) is 18.8 Å². The van der Waals surface area contributed by atoms with Crippen molar-refractivity contribution >= 4 is 10.1 Å². The molecule has 4 nitrogen and oxygen atoms in total. The molecule has 0 saturated heterocycles. The highest BCUT2D eigenvalue weighted by Gasteiger charge is 2.46. The minimum absolute atomic E-state index is 1.75. The quantitative estimate of drug-likeness (QED) is 0.689. The van der Waals surface area contributed by atoms with E-state index in [1.54, 1.807) is 12.4 Å². The van der Waals surface area contributed by atoms with E-state index in [1.807, 2.05) is 18.2 Å². The molecule has 0 atom stereocenters. The summed E-state index contributed by atoms with van der Waals surface area (Å²) in [5.74, 6) is 0. The number of aromatic nitrogens is 1. The van der Waals surface area contributed by atoms with Crippen LogP contribution in [0.15, 0.2) is 30.6 Å². The Morgan fingerprint density at radius 3 is 1.63 bits per heavy atom. The second-order valence-corrected chi connectivity index (χ2v) is 4.80. The summed E-state index contributed by atoms with van der Waals surface area (Å²) in [6.45, 7) is 0. The van der Waals surface area contributed by atoms with Gasteiger partial charge in [0.05, 0.1) is 6.42 Å². The van der Waals surface area contributed by atoms with E-state index >= 15 is 0 Å². The van der Waals surface area contributed by atoms with Gasteiger partial charge in [-0.15, -0.1) is 0 Å². The number of hydrogen-bond donors (Lipinski definition) is 1. The van der Waals surface area contributed by atoms with Crippen molar-refractivity contribution in [3.8, 4) is 0 Å². The lowest BCUT2D eigenvalue weighted by molar-refractivity contribution is -0.144. The molecule has 1 aromatic rings. The van der Waals surface area contributed by atoms with Crippen LogP contribution in [0.3, 0.4) is 0 Å².